The third-order valence-electron chi connectivity index (χ3n) is 6.48. The van der Waals surface area contributed by atoms with Gasteiger partial charge in [-0.15, -0.1) is 0 Å². The highest BCUT2D eigenvalue weighted by molar-refractivity contribution is 7.92. The Hall–Kier alpha value is -3.32. The molecule has 0 aromatic heterocycles. The van der Waals surface area contributed by atoms with E-state index < -0.39 is 10.0 Å². The Bertz CT molecular complexity index is 1230. The van der Waals surface area contributed by atoms with Crippen molar-refractivity contribution in [1.29, 1.82) is 0 Å². The van der Waals surface area contributed by atoms with Gasteiger partial charge in [-0.2, -0.15) is 0 Å². The van der Waals surface area contributed by atoms with Crippen molar-refractivity contribution < 1.29 is 17.9 Å². The van der Waals surface area contributed by atoms with Crippen molar-refractivity contribution in [2.75, 3.05) is 10.8 Å². The van der Waals surface area contributed by atoms with E-state index in [-0.39, 0.29) is 29.0 Å². The first-order valence-electron chi connectivity index (χ1n) is 11.6. The minimum atomic E-state index is -3.93. The molecule has 178 valence electrons. The number of anilines is 1. The molecule has 1 N–H and O–H groups in total. The molecule has 0 bridgehead atoms. The molecule has 1 atom stereocenters. The minimum Gasteiger partial charge on any atom is -0.487 e. The van der Waals surface area contributed by atoms with E-state index in [1.54, 1.807) is 42.5 Å². The average Bonchev–Trinajstić information content (AvgIpc) is 2.88. The molecule has 0 spiro atoms. The molecule has 3 aromatic carbocycles. The van der Waals surface area contributed by atoms with Crippen LogP contribution in [0.3, 0.4) is 0 Å². The van der Waals surface area contributed by atoms with Crippen LogP contribution in [0.4, 0.5) is 5.69 Å². The summed E-state index contributed by atoms with van der Waals surface area (Å²) in [5, 5.41) is 3.10. The zero-order valence-electron chi connectivity index (χ0n) is 19.5. The number of para-hydroxylation sites is 2. The number of ether oxygens (including phenoxy) is 1. The van der Waals surface area contributed by atoms with Crippen molar-refractivity contribution in [2.24, 2.45) is 0 Å². The van der Waals surface area contributed by atoms with Gasteiger partial charge in [-0.3, -0.25) is 9.10 Å². The average molecular weight is 479 g/mol. The van der Waals surface area contributed by atoms with Crippen molar-refractivity contribution in [2.45, 2.75) is 49.6 Å². The zero-order valence-corrected chi connectivity index (χ0v) is 20.3. The highest BCUT2D eigenvalue weighted by Gasteiger charge is 2.39. The molecule has 6 nitrogen and oxygen atoms in total. The Kier molecular flexibility index (Phi) is 6.93. The van der Waals surface area contributed by atoms with E-state index in [1.807, 2.05) is 30.3 Å². The first-order chi connectivity index (χ1) is 16.4. The van der Waals surface area contributed by atoms with Crippen LogP contribution in [0, 0.1) is 0 Å². The predicted octanol–water partition coefficient (Wildman–Crippen LogP) is 5.08. The normalized spacial score (nSPS) is 16.7. The lowest BCUT2D eigenvalue weighted by atomic mass is 9.83. The summed E-state index contributed by atoms with van der Waals surface area (Å²) in [7, 11) is -3.93. The molecule has 0 radical (unpaired) electrons. The second-order valence-corrected chi connectivity index (χ2v) is 10.4. The molecule has 0 fully saturated rings. The lowest BCUT2D eigenvalue weighted by Gasteiger charge is -2.41. The van der Waals surface area contributed by atoms with E-state index in [9.17, 15) is 13.2 Å². The van der Waals surface area contributed by atoms with Gasteiger partial charge in [-0.05, 0) is 43.2 Å². The number of sulfonamides is 1. The van der Waals surface area contributed by atoms with Crippen LogP contribution in [-0.2, 0) is 14.8 Å². The fourth-order valence-electron chi connectivity index (χ4n) is 4.43. The van der Waals surface area contributed by atoms with Gasteiger partial charge >= 0.3 is 0 Å². The zero-order chi connectivity index (χ0) is 24.2. The van der Waals surface area contributed by atoms with Gasteiger partial charge in [0.15, 0.2) is 0 Å². The first kappa shape index (κ1) is 23.8. The topological polar surface area (TPSA) is 75.7 Å². The Morgan fingerprint density at radius 2 is 1.53 bits per heavy atom. The summed E-state index contributed by atoms with van der Waals surface area (Å²) in [5.74, 6) is 0.394. The van der Waals surface area contributed by atoms with E-state index >= 15 is 0 Å². The molecular weight excluding hydrogens is 448 g/mol. The molecule has 1 heterocycles. The number of fused-ring (bicyclic) bond motifs is 1. The quantitative estimate of drug-likeness (QED) is 0.490. The van der Waals surface area contributed by atoms with Gasteiger partial charge in [-0.1, -0.05) is 68.4 Å². The maximum atomic E-state index is 13.5. The van der Waals surface area contributed by atoms with Crippen LogP contribution in [-0.4, -0.2) is 26.5 Å². The Morgan fingerprint density at radius 3 is 2.18 bits per heavy atom. The van der Waals surface area contributed by atoms with E-state index in [2.05, 4.69) is 19.2 Å². The molecule has 3 aromatic rings. The third kappa shape index (κ3) is 4.80. The summed E-state index contributed by atoms with van der Waals surface area (Å²) in [6.07, 6.45) is 2.24. The number of carbonyl (C=O) groups is 1. The van der Waals surface area contributed by atoms with Crippen molar-refractivity contribution in [3.05, 3.63) is 90.5 Å². The number of hydrogen-bond acceptors (Lipinski definition) is 4. The van der Waals surface area contributed by atoms with Crippen molar-refractivity contribution in [1.82, 2.24) is 5.32 Å². The molecule has 4 rings (SSSR count). The molecule has 0 saturated carbocycles. The number of nitrogens with one attached hydrogen (secondary N) is 1. The van der Waals surface area contributed by atoms with Gasteiger partial charge in [0, 0.05) is 12.0 Å². The Balaban J connectivity index is 1.63. The maximum Gasteiger partial charge on any atom is 0.264 e. The van der Waals surface area contributed by atoms with E-state index in [4.69, 9.17) is 4.74 Å². The molecule has 0 aliphatic carbocycles. The second-order valence-electron chi connectivity index (χ2n) is 8.51. The van der Waals surface area contributed by atoms with E-state index in [0.717, 1.165) is 28.5 Å². The Labute approximate surface area is 201 Å². The van der Waals surface area contributed by atoms with Gasteiger partial charge in [0.25, 0.3) is 10.0 Å². The third-order valence-corrected chi connectivity index (χ3v) is 8.27. The van der Waals surface area contributed by atoms with Gasteiger partial charge in [0.1, 0.15) is 17.9 Å². The van der Waals surface area contributed by atoms with Crippen LogP contribution in [0.15, 0.2) is 89.8 Å². The van der Waals surface area contributed by atoms with Crippen LogP contribution in [0.1, 0.15) is 44.7 Å². The van der Waals surface area contributed by atoms with Gasteiger partial charge in [0.2, 0.25) is 5.91 Å². The number of rotatable bonds is 8. The summed E-state index contributed by atoms with van der Waals surface area (Å²) >= 11 is 0. The number of hydrogen-bond donors (Lipinski definition) is 1. The molecule has 0 saturated heterocycles. The monoisotopic (exact) mass is 478 g/mol. The molecule has 34 heavy (non-hydrogen) atoms. The highest BCUT2D eigenvalue weighted by atomic mass is 32.2. The van der Waals surface area contributed by atoms with Crippen LogP contribution in [0.25, 0.3) is 0 Å². The first-order valence-corrected chi connectivity index (χ1v) is 13.0. The van der Waals surface area contributed by atoms with Gasteiger partial charge in [-0.25, -0.2) is 8.42 Å². The Morgan fingerprint density at radius 1 is 0.941 bits per heavy atom. The number of amides is 1. The highest BCUT2D eigenvalue weighted by Crippen LogP contribution is 2.42. The standard InChI is InChI=1S/C27H30N2O4S/c1-3-27(4-2)19-24(23-17-11-12-18-25(23)33-27)28-26(30)20-29(21-13-7-5-8-14-21)34(31,32)22-15-9-6-10-16-22/h5-18,24H,3-4,19-20H2,1-2H3,(H,28,30)/t24-/m0/s1. The molecule has 1 amide bonds. The number of carbonyl (C=O) groups excluding carboxylic acids is 1. The fourth-order valence-corrected chi connectivity index (χ4v) is 5.87. The molecule has 0 unspecified atom stereocenters. The predicted molar refractivity (Wildman–Crippen MR) is 133 cm³/mol. The summed E-state index contributed by atoms with van der Waals surface area (Å²) in [6, 6.07) is 24.3. The van der Waals surface area contributed by atoms with Crippen molar-refractivity contribution >= 4 is 21.6 Å². The number of nitrogens with zero attached hydrogens (tertiary/aromatic N) is 1. The van der Waals surface area contributed by atoms with E-state index in [1.165, 1.54) is 12.1 Å². The van der Waals surface area contributed by atoms with Crippen LogP contribution in [0.5, 0.6) is 5.75 Å². The lowest BCUT2D eigenvalue weighted by Crippen LogP contribution is -2.47. The minimum absolute atomic E-state index is 0.138. The summed E-state index contributed by atoms with van der Waals surface area (Å²) in [5.41, 5.74) is 0.970. The smallest absolute Gasteiger partial charge is 0.264 e. The van der Waals surface area contributed by atoms with Crippen LogP contribution >= 0.6 is 0 Å². The van der Waals surface area contributed by atoms with Crippen LogP contribution < -0.4 is 14.4 Å². The fraction of sp³-hybridized carbons (Fsp3) is 0.296. The summed E-state index contributed by atoms with van der Waals surface area (Å²) in [6.45, 7) is 3.84. The van der Waals surface area contributed by atoms with Crippen molar-refractivity contribution in [3.63, 3.8) is 0 Å². The van der Waals surface area contributed by atoms with E-state index in [0.29, 0.717) is 12.1 Å². The number of benzene rings is 3. The summed E-state index contributed by atoms with van der Waals surface area (Å²) < 4.78 is 34.5. The summed E-state index contributed by atoms with van der Waals surface area (Å²) in [4.78, 5) is 13.5. The molecule has 1 aliphatic heterocycles. The second kappa shape index (κ2) is 9.89. The largest absolute Gasteiger partial charge is 0.487 e. The molecular formula is C27H30N2O4S. The lowest BCUT2D eigenvalue weighted by molar-refractivity contribution is -0.121. The maximum absolute atomic E-state index is 13.5. The van der Waals surface area contributed by atoms with Crippen molar-refractivity contribution in [3.8, 4) is 5.75 Å². The SMILES string of the molecule is CCC1(CC)C[C@H](NC(=O)CN(c2ccccc2)S(=O)(=O)c2ccccc2)c2ccccc2O1. The molecule has 7 heteroatoms. The van der Waals surface area contributed by atoms with Gasteiger partial charge in [0.05, 0.1) is 16.6 Å². The van der Waals surface area contributed by atoms with Crippen LogP contribution in [0.2, 0.25) is 0 Å². The van der Waals surface area contributed by atoms with Gasteiger partial charge < -0.3 is 10.1 Å². The molecule has 1 aliphatic rings.